The van der Waals surface area contributed by atoms with Crippen LogP contribution in [0.5, 0.6) is 0 Å². The molecule has 3 aromatic heterocycles. The highest BCUT2D eigenvalue weighted by molar-refractivity contribution is 7.07. The van der Waals surface area contributed by atoms with Crippen molar-refractivity contribution in [2.75, 3.05) is 18.0 Å². The van der Waals surface area contributed by atoms with Gasteiger partial charge in [0.05, 0.1) is 5.69 Å². The van der Waals surface area contributed by atoms with E-state index in [1.165, 1.54) is 42.7 Å². The molecule has 123 valence electrons. The molecule has 0 unspecified atom stereocenters. The van der Waals surface area contributed by atoms with Crippen molar-refractivity contribution in [3.05, 3.63) is 65.6 Å². The van der Waals surface area contributed by atoms with E-state index in [9.17, 15) is 0 Å². The zero-order valence-corrected chi connectivity index (χ0v) is 14.7. The first-order valence-corrected chi connectivity index (χ1v) is 9.54. The minimum atomic E-state index is 0.974. The number of fused-ring (bicyclic) bond motifs is 1. The summed E-state index contributed by atoms with van der Waals surface area (Å²) < 4.78 is 2.11. The van der Waals surface area contributed by atoms with Gasteiger partial charge in [0, 0.05) is 42.1 Å². The number of rotatable bonds is 3. The van der Waals surface area contributed by atoms with Crippen LogP contribution in [0.3, 0.4) is 0 Å². The van der Waals surface area contributed by atoms with Crippen molar-refractivity contribution < 1.29 is 0 Å². The third-order valence-electron chi connectivity index (χ3n) is 4.89. The Hall–Kier alpha value is -2.59. The summed E-state index contributed by atoms with van der Waals surface area (Å²) in [6.45, 7) is 2.35. The largest absolute Gasteiger partial charge is 0.372 e. The quantitative estimate of drug-likeness (QED) is 0.513. The van der Waals surface area contributed by atoms with Gasteiger partial charge >= 0.3 is 0 Å². The highest BCUT2D eigenvalue weighted by Gasteiger charge is 2.12. The van der Waals surface area contributed by atoms with Gasteiger partial charge in [-0.05, 0) is 59.7 Å². The van der Waals surface area contributed by atoms with E-state index in [1.807, 2.05) is 6.07 Å². The fourth-order valence-corrected chi connectivity index (χ4v) is 4.09. The lowest BCUT2D eigenvalue weighted by atomic mass is 10.1. The molecule has 1 saturated heterocycles. The minimum absolute atomic E-state index is 0.974. The van der Waals surface area contributed by atoms with Crippen molar-refractivity contribution in [3.8, 4) is 22.4 Å². The van der Waals surface area contributed by atoms with Gasteiger partial charge in [0.1, 0.15) is 5.65 Å². The normalized spacial score (nSPS) is 14.5. The van der Waals surface area contributed by atoms with Gasteiger partial charge in [0.25, 0.3) is 0 Å². The van der Waals surface area contributed by atoms with Gasteiger partial charge in [-0.3, -0.25) is 0 Å². The molecule has 0 saturated carbocycles. The molecule has 0 N–H and O–H groups in total. The minimum Gasteiger partial charge on any atom is -0.372 e. The highest BCUT2D eigenvalue weighted by Crippen LogP contribution is 2.27. The number of anilines is 1. The average molecular weight is 344 g/mol. The number of pyridine rings is 1. The third kappa shape index (κ3) is 2.72. The molecule has 1 fully saturated rings. The molecule has 5 rings (SSSR count). The van der Waals surface area contributed by atoms with Gasteiger partial charge in [0.15, 0.2) is 0 Å². The molecule has 0 bridgehead atoms. The highest BCUT2D eigenvalue weighted by atomic mass is 32.1. The molecule has 1 radical (unpaired) electrons. The van der Waals surface area contributed by atoms with Crippen LogP contribution < -0.4 is 4.90 Å². The summed E-state index contributed by atoms with van der Waals surface area (Å²) in [4.78, 5) is 7.23. The Morgan fingerprint density at radius 2 is 1.68 bits per heavy atom. The van der Waals surface area contributed by atoms with E-state index in [0.29, 0.717) is 0 Å². The first kappa shape index (κ1) is 14.7. The predicted molar refractivity (Wildman–Crippen MR) is 104 cm³/mol. The number of imidazole rings is 1. The summed E-state index contributed by atoms with van der Waals surface area (Å²) in [6.07, 6.45) is 6.86. The van der Waals surface area contributed by atoms with Crippen LogP contribution in [0.25, 0.3) is 28.0 Å². The van der Waals surface area contributed by atoms with Gasteiger partial charge in [0.2, 0.25) is 0 Å². The Morgan fingerprint density at radius 1 is 0.880 bits per heavy atom. The molecule has 1 aliphatic rings. The molecule has 4 heterocycles. The number of nitrogens with zero attached hydrogens (tertiary/aromatic N) is 3. The molecule has 4 heteroatoms. The van der Waals surface area contributed by atoms with Crippen molar-refractivity contribution in [1.82, 2.24) is 9.38 Å². The van der Waals surface area contributed by atoms with Crippen LogP contribution in [0.4, 0.5) is 5.69 Å². The third-order valence-corrected chi connectivity index (χ3v) is 5.51. The molecular weight excluding hydrogens is 326 g/mol. The fraction of sp³-hybridized carbons (Fsp3) is 0.190. The van der Waals surface area contributed by atoms with Crippen LogP contribution in [0.1, 0.15) is 12.8 Å². The lowest BCUT2D eigenvalue weighted by molar-refractivity contribution is 0.949. The van der Waals surface area contributed by atoms with Crippen LogP contribution in [0.2, 0.25) is 0 Å². The van der Waals surface area contributed by atoms with Gasteiger partial charge in [-0.25, -0.2) is 4.98 Å². The van der Waals surface area contributed by atoms with Crippen molar-refractivity contribution >= 4 is 22.7 Å². The summed E-state index contributed by atoms with van der Waals surface area (Å²) in [6, 6.07) is 15.0. The second kappa shape index (κ2) is 6.05. The van der Waals surface area contributed by atoms with E-state index < -0.39 is 0 Å². The number of hydrogen-bond acceptors (Lipinski definition) is 3. The van der Waals surface area contributed by atoms with Gasteiger partial charge in [-0.2, -0.15) is 0 Å². The van der Waals surface area contributed by atoms with Gasteiger partial charge < -0.3 is 9.30 Å². The predicted octanol–water partition coefficient (Wildman–Crippen LogP) is 5.13. The van der Waals surface area contributed by atoms with Crippen molar-refractivity contribution in [2.24, 2.45) is 0 Å². The van der Waals surface area contributed by atoms with Crippen LogP contribution in [-0.4, -0.2) is 22.5 Å². The van der Waals surface area contributed by atoms with Crippen molar-refractivity contribution in [2.45, 2.75) is 12.8 Å². The summed E-state index contributed by atoms with van der Waals surface area (Å²) in [5, 5.41) is 5.27. The monoisotopic (exact) mass is 344 g/mol. The topological polar surface area (TPSA) is 20.5 Å². The van der Waals surface area contributed by atoms with E-state index in [4.69, 9.17) is 4.98 Å². The molecule has 4 aromatic rings. The summed E-state index contributed by atoms with van der Waals surface area (Å²) in [7, 11) is 0. The molecule has 0 spiro atoms. The van der Waals surface area contributed by atoms with E-state index in [-0.39, 0.29) is 0 Å². The molecule has 0 amide bonds. The van der Waals surface area contributed by atoms with Crippen molar-refractivity contribution in [3.63, 3.8) is 0 Å². The summed E-state index contributed by atoms with van der Waals surface area (Å²) >= 11 is 1.60. The molecule has 25 heavy (non-hydrogen) atoms. The molecule has 0 aliphatic carbocycles. The number of aromatic nitrogens is 2. The second-order valence-corrected chi connectivity index (χ2v) is 7.21. The lowest BCUT2D eigenvalue weighted by Crippen LogP contribution is -2.17. The Labute approximate surface area is 151 Å². The zero-order valence-electron chi connectivity index (χ0n) is 13.9. The molecule has 1 aromatic carbocycles. The molecule has 0 atom stereocenters. The van der Waals surface area contributed by atoms with Crippen LogP contribution in [0.15, 0.2) is 60.2 Å². The standard InChI is InChI=1S/C21H18N3S/c1-2-11-23(10-1)19-6-3-16(4-7-19)20-14-24-13-17(5-8-21(24)22-20)18-9-12-25-15-18/h3-9,13-15H,1-2,10-11H2. The SMILES string of the molecule is [c]1cc(-c2ccc3nc(-c4ccc(N5CCCC5)cc4)cn3c2)cs1. The number of benzene rings is 1. The number of thiophene rings is 1. The Kier molecular flexibility index (Phi) is 3.56. The maximum atomic E-state index is 4.78. The Morgan fingerprint density at radius 3 is 2.44 bits per heavy atom. The first-order chi connectivity index (χ1) is 12.4. The van der Waals surface area contributed by atoms with E-state index >= 15 is 0 Å². The van der Waals surface area contributed by atoms with Gasteiger partial charge in [-0.1, -0.05) is 12.1 Å². The average Bonchev–Trinajstić information content (AvgIpc) is 3.42. The van der Waals surface area contributed by atoms with E-state index in [2.05, 4.69) is 68.9 Å². The second-order valence-electron chi connectivity index (χ2n) is 6.50. The Bertz CT molecular complexity index is 993. The van der Waals surface area contributed by atoms with Gasteiger partial charge in [-0.15, -0.1) is 11.3 Å². The lowest BCUT2D eigenvalue weighted by Gasteiger charge is -2.17. The maximum Gasteiger partial charge on any atom is 0.137 e. The first-order valence-electron chi connectivity index (χ1n) is 8.66. The smallest absolute Gasteiger partial charge is 0.137 e. The zero-order chi connectivity index (χ0) is 16.6. The molecular formula is C21H18N3S. The summed E-state index contributed by atoms with van der Waals surface area (Å²) in [5.74, 6) is 0. The fourth-order valence-electron chi connectivity index (χ4n) is 3.50. The number of hydrogen-bond donors (Lipinski definition) is 0. The maximum absolute atomic E-state index is 4.78. The van der Waals surface area contributed by atoms with E-state index in [1.54, 1.807) is 11.3 Å². The molecule has 3 nitrogen and oxygen atoms in total. The van der Waals surface area contributed by atoms with Crippen LogP contribution >= 0.6 is 11.3 Å². The van der Waals surface area contributed by atoms with Crippen molar-refractivity contribution in [1.29, 1.82) is 0 Å². The molecule has 1 aliphatic heterocycles. The summed E-state index contributed by atoms with van der Waals surface area (Å²) in [5.41, 5.74) is 6.87. The van der Waals surface area contributed by atoms with Crippen LogP contribution in [-0.2, 0) is 0 Å². The van der Waals surface area contributed by atoms with E-state index in [0.717, 1.165) is 16.9 Å². The Balaban J connectivity index is 1.48. The van der Waals surface area contributed by atoms with Crippen LogP contribution in [0, 0.1) is 5.38 Å².